The van der Waals surface area contributed by atoms with Crippen molar-refractivity contribution in [1.82, 2.24) is 9.97 Å². The second-order valence-corrected chi connectivity index (χ2v) is 15.8. The van der Waals surface area contributed by atoms with Gasteiger partial charge < -0.3 is 13.9 Å². The zero-order chi connectivity index (χ0) is 39.2. The maximum absolute atomic E-state index is 6.73. The van der Waals surface area contributed by atoms with Crippen molar-refractivity contribution in [3.05, 3.63) is 188 Å². The van der Waals surface area contributed by atoms with Crippen LogP contribution in [0.15, 0.2) is 187 Å². The van der Waals surface area contributed by atoms with Crippen molar-refractivity contribution in [2.24, 2.45) is 0 Å². The minimum atomic E-state index is -0.163. The number of fused-ring (bicyclic) bond motifs is 4. The predicted octanol–water partition coefficient (Wildman–Crippen LogP) is 11.6. The normalized spacial score (nSPS) is 12.2. The molecule has 0 bridgehead atoms. The van der Waals surface area contributed by atoms with Crippen LogP contribution in [0.4, 0.5) is 0 Å². The second-order valence-electron chi connectivity index (χ2n) is 15.8. The van der Waals surface area contributed by atoms with Gasteiger partial charge in [0.2, 0.25) is 0 Å². The monoisotopic (exact) mass is 750 g/mol. The van der Waals surface area contributed by atoms with Gasteiger partial charge in [-0.2, -0.15) is 0 Å². The average Bonchev–Trinajstić information content (AvgIpc) is 3.64. The highest BCUT2D eigenvalue weighted by molar-refractivity contribution is 6.98. The Morgan fingerprint density at radius 2 is 1.19 bits per heavy atom. The van der Waals surface area contributed by atoms with Gasteiger partial charge in [-0.1, -0.05) is 148 Å². The van der Waals surface area contributed by atoms with Crippen molar-refractivity contribution in [2.75, 3.05) is 0 Å². The quantitative estimate of drug-likeness (QED) is 0.152. The maximum atomic E-state index is 6.73. The predicted molar refractivity (Wildman–Crippen MR) is 236 cm³/mol. The van der Waals surface area contributed by atoms with Crippen LogP contribution in [0.3, 0.4) is 0 Å². The van der Waals surface area contributed by atoms with Crippen LogP contribution in [0.5, 0.6) is 23.2 Å². The lowest BCUT2D eigenvalue weighted by Gasteiger charge is -2.24. The van der Waals surface area contributed by atoms with E-state index in [0.717, 1.165) is 72.3 Å². The van der Waals surface area contributed by atoms with Crippen molar-refractivity contribution in [3.8, 4) is 68.0 Å². The Hall–Kier alpha value is -7.18. The van der Waals surface area contributed by atoms with Crippen LogP contribution in [0.2, 0.25) is 0 Å². The molecule has 278 valence electrons. The molecular weight excluding hydrogens is 711 g/mol. The maximum Gasteiger partial charge on any atom is 0.286 e. The van der Waals surface area contributed by atoms with E-state index in [4.69, 9.17) is 23.9 Å². The highest BCUT2D eigenvalue weighted by atomic mass is 16.6. The highest BCUT2D eigenvalue weighted by Crippen LogP contribution is 2.38. The summed E-state index contributed by atoms with van der Waals surface area (Å²) in [7, 11) is 0. The van der Waals surface area contributed by atoms with E-state index in [1.165, 1.54) is 5.56 Å². The largest absolute Gasteiger partial charge is 0.457 e. The molecule has 10 rings (SSSR count). The Bertz CT molecular complexity index is 2880. The van der Waals surface area contributed by atoms with E-state index in [0.29, 0.717) is 23.0 Å². The van der Waals surface area contributed by atoms with E-state index >= 15 is 0 Å². The van der Waals surface area contributed by atoms with Crippen LogP contribution in [0.25, 0.3) is 55.7 Å². The number of para-hydroxylation sites is 1. The Labute approximate surface area is 338 Å². The Kier molecular flexibility index (Phi) is 8.75. The van der Waals surface area contributed by atoms with Crippen LogP contribution in [0, 0.1) is 0 Å². The zero-order valence-electron chi connectivity index (χ0n) is 32.5. The van der Waals surface area contributed by atoms with Crippen LogP contribution >= 0.6 is 0 Å². The number of nitrogens with zero attached hydrogens (tertiary/aromatic N) is 2. The van der Waals surface area contributed by atoms with Crippen LogP contribution < -0.4 is 25.9 Å². The second kappa shape index (κ2) is 14.4. The van der Waals surface area contributed by atoms with Gasteiger partial charge in [0.25, 0.3) is 12.7 Å². The fraction of sp³-hybridized carbons (Fsp3) is 0.0769. The minimum absolute atomic E-state index is 0.0382. The lowest BCUT2D eigenvalue weighted by molar-refractivity contribution is 0.364. The SMILES string of the molecule is CC(C)(C)c1ccc(-c2cccc(Oc3cccc(-c4nccc5c6c(oc45)Oc4ccccc4B6c4cc(-c5ccccc5)cc(-c5ccccc5)c4)c3)c2)nc1. The minimum Gasteiger partial charge on any atom is -0.457 e. The molecule has 1 aliphatic rings. The third-order valence-electron chi connectivity index (χ3n) is 10.9. The van der Waals surface area contributed by atoms with Gasteiger partial charge in [0.1, 0.15) is 22.9 Å². The van der Waals surface area contributed by atoms with Gasteiger partial charge in [-0.3, -0.25) is 9.97 Å². The molecule has 0 fully saturated rings. The first-order valence-corrected chi connectivity index (χ1v) is 19.6. The molecule has 0 N–H and O–H groups in total. The molecule has 58 heavy (non-hydrogen) atoms. The van der Waals surface area contributed by atoms with E-state index in [2.05, 4.69) is 130 Å². The molecule has 0 spiro atoms. The van der Waals surface area contributed by atoms with Crippen molar-refractivity contribution >= 4 is 34.1 Å². The van der Waals surface area contributed by atoms with E-state index in [-0.39, 0.29) is 12.1 Å². The molecule has 3 aromatic heterocycles. The average molecular weight is 751 g/mol. The first kappa shape index (κ1) is 35.3. The molecule has 5 nitrogen and oxygen atoms in total. The first-order chi connectivity index (χ1) is 28.4. The molecule has 0 atom stereocenters. The molecule has 6 heteroatoms. The highest BCUT2D eigenvalue weighted by Gasteiger charge is 2.38. The van der Waals surface area contributed by atoms with E-state index in [1.807, 2.05) is 73.1 Å². The van der Waals surface area contributed by atoms with E-state index in [9.17, 15) is 0 Å². The summed E-state index contributed by atoms with van der Waals surface area (Å²) in [6, 6.07) is 58.6. The molecule has 0 unspecified atom stereocenters. The Morgan fingerprint density at radius 3 is 1.86 bits per heavy atom. The molecule has 0 saturated heterocycles. The van der Waals surface area contributed by atoms with Crippen molar-refractivity contribution in [2.45, 2.75) is 26.2 Å². The number of hydrogen-bond acceptors (Lipinski definition) is 5. The van der Waals surface area contributed by atoms with Gasteiger partial charge in [0, 0.05) is 34.4 Å². The fourth-order valence-electron chi connectivity index (χ4n) is 7.97. The van der Waals surface area contributed by atoms with Gasteiger partial charge >= 0.3 is 0 Å². The zero-order valence-corrected chi connectivity index (χ0v) is 32.5. The third-order valence-corrected chi connectivity index (χ3v) is 10.9. The van der Waals surface area contributed by atoms with Gasteiger partial charge in [-0.25, -0.2) is 0 Å². The van der Waals surface area contributed by atoms with Crippen molar-refractivity contribution in [1.29, 1.82) is 0 Å². The van der Waals surface area contributed by atoms with Gasteiger partial charge in [0.05, 0.1) is 5.69 Å². The van der Waals surface area contributed by atoms with Crippen molar-refractivity contribution < 1.29 is 13.9 Å². The summed E-state index contributed by atoms with van der Waals surface area (Å²) >= 11 is 0. The summed E-state index contributed by atoms with van der Waals surface area (Å²) in [4.78, 5) is 9.65. The van der Waals surface area contributed by atoms with E-state index < -0.39 is 0 Å². The molecule has 4 heterocycles. The Morgan fingerprint density at radius 1 is 0.552 bits per heavy atom. The number of rotatable bonds is 7. The number of hydrogen-bond donors (Lipinski definition) is 0. The number of ether oxygens (including phenoxy) is 2. The lowest BCUT2D eigenvalue weighted by Crippen LogP contribution is -2.54. The number of pyridine rings is 2. The van der Waals surface area contributed by atoms with Gasteiger partial charge in [-0.15, -0.1) is 0 Å². The summed E-state index contributed by atoms with van der Waals surface area (Å²) in [5.41, 5.74) is 13.2. The smallest absolute Gasteiger partial charge is 0.286 e. The van der Waals surface area contributed by atoms with Crippen molar-refractivity contribution in [3.63, 3.8) is 0 Å². The topological polar surface area (TPSA) is 57.4 Å². The molecule has 1 aliphatic heterocycles. The molecule has 0 saturated carbocycles. The summed E-state index contributed by atoms with van der Waals surface area (Å²) < 4.78 is 19.8. The lowest BCUT2D eigenvalue weighted by atomic mass is 9.35. The molecule has 6 aromatic carbocycles. The van der Waals surface area contributed by atoms with Gasteiger partial charge in [-0.05, 0) is 87.2 Å². The standard InChI is InChI=1S/C52H39BN2O3/c1-52(2,3)40-24-25-46(55-33-40)36-18-12-20-42(31-36)56-43-21-13-19-37(32-43)49-50-44(26-27-54-49)48-51(58-50)57-47-23-11-10-22-45(47)53(48)41-29-38(34-14-6-4-7-15-34)28-39(30-41)35-16-8-5-9-17-35/h4-33H,1-3H3. The summed E-state index contributed by atoms with van der Waals surface area (Å²) in [5, 5.41) is 0.954. The fourth-order valence-corrected chi connectivity index (χ4v) is 7.97. The Balaban J connectivity index is 1.05. The number of benzene rings is 6. The summed E-state index contributed by atoms with van der Waals surface area (Å²) in [6.07, 6.45) is 3.82. The number of furan rings is 1. The molecule has 0 radical (unpaired) electrons. The van der Waals surface area contributed by atoms with Crippen LogP contribution in [-0.2, 0) is 5.41 Å². The van der Waals surface area contributed by atoms with Crippen LogP contribution in [0.1, 0.15) is 26.3 Å². The summed E-state index contributed by atoms with van der Waals surface area (Å²) in [6.45, 7) is 6.42. The summed E-state index contributed by atoms with van der Waals surface area (Å²) in [5.74, 6) is 2.66. The molecule has 9 aromatic rings. The first-order valence-electron chi connectivity index (χ1n) is 19.6. The van der Waals surface area contributed by atoms with Gasteiger partial charge in [0.15, 0.2) is 5.58 Å². The third kappa shape index (κ3) is 6.63. The molecule has 0 amide bonds. The molecular formula is C52H39BN2O3. The molecule has 0 aliphatic carbocycles. The van der Waals surface area contributed by atoms with E-state index in [1.54, 1.807) is 0 Å². The number of aromatic nitrogens is 2. The van der Waals surface area contributed by atoms with Crippen LogP contribution in [-0.4, -0.2) is 16.7 Å².